The van der Waals surface area contributed by atoms with Crippen molar-refractivity contribution in [3.05, 3.63) is 53.6 Å². The standard InChI is InChI=1S/C22H28O5S/c1-4-11-25-19(13-26-18-7-5-16(2)6-8-18)15-28-20-9-10-21(17(3)12-20)27-14-22(23)24/h5-10,12,19H,4,11,13-15H2,1-3H3,(H,23,24). The van der Waals surface area contributed by atoms with Crippen LogP contribution in [-0.4, -0.2) is 42.8 Å². The van der Waals surface area contributed by atoms with Crippen LogP contribution in [0, 0.1) is 13.8 Å². The van der Waals surface area contributed by atoms with Gasteiger partial charge in [-0.15, -0.1) is 11.8 Å². The number of ether oxygens (including phenoxy) is 3. The van der Waals surface area contributed by atoms with Crippen LogP contribution in [0.4, 0.5) is 0 Å². The normalized spacial score (nSPS) is 11.8. The summed E-state index contributed by atoms with van der Waals surface area (Å²) in [5, 5.41) is 8.73. The monoisotopic (exact) mass is 404 g/mol. The summed E-state index contributed by atoms with van der Waals surface area (Å²) >= 11 is 1.69. The molecule has 0 fully saturated rings. The van der Waals surface area contributed by atoms with E-state index in [9.17, 15) is 4.79 Å². The Labute approximate surface area is 171 Å². The molecule has 2 rings (SSSR count). The minimum Gasteiger partial charge on any atom is -0.491 e. The highest BCUT2D eigenvalue weighted by molar-refractivity contribution is 7.99. The molecule has 5 nitrogen and oxygen atoms in total. The lowest BCUT2D eigenvalue weighted by atomic mass is 10.2. The van der Waals surface area contributed by atoms with E-state index in [4.69, 9.17) is 19.3 Å². The summed E-state index contributed by atoms with van der Waals surface area (Å²) in [6.45, 7) is 6.90. The Kier molecular flexibility index (Phi) is 9.17. The molecule has 1 unspecified atom stereocenters. The van der Waals surface area contributed by atoms with Crippen LogP contribution >= 0.6 is 11.8 Å². The van der Waals surface area contributed by atoms with Crippen molar-refractivity contribution in [1.82, 2.24) is 0 Å². The quantitative estimate of drug-likeness (QED) is 0.516. The molecule has 0 aliphatic heterocycles. The highest BCUT2D eigenvalue weighted by Crippen LogP contribution is 2.26. The molecule has 0 saturated heterocycles. The zero-order valence-corrected chi connectivity index (χ0v) is 17.5. The molecule has 6 heteroatoms. The van der Waals surface area contributed by atoms with Crippen LogP contribution in [0.2, 0.25) is 0 Å². The molecule has 0 radical (unpaired) electrons. The molecule has 2 aromatic rings. The van der Waals surface area contributed by atoms with Gasteiger partial charge in [0, 0.05) is 17.3 Å². The first-order chi connectivity index (χ1) is 13.5. The predicted molar refractivity (Wildman–Crippen MR) is 112 cm³/mol. The van der Waals surface area contributed by atoms with Crippen molar-refractivity contribution in [2.24, 2.45) is 0 Å². The van der Waals surface area contributed by atoms with Gasteiger partial charge in [0.1, 0.15) is 24.2 Å². The molecule has 1 N–H and O–H groups in total. The number of hydrogen-bond acceptors (Lipinski definition) is 5. The van der Waals surface area contributed by atoms with Gasteiger partial charge in [-0.05, 0) is 56.2 Å². The first-order valence-corrected chi connectivity index (χ1v) is 10.4. The van der Waals surface area contributed by atoms with E-state index >= 15 is 0 Å². The summed E-state index contributed by atoms with van der Waals surface area (Å²) < 4.78 is 17.1. The van der Waals surface area contributed by atoms with E-state index in [0.29, 0.717) is 19.0 Å². The zero-order chi connectivity index (χ0) is 20.4. The van der Waals surface area contributed by atoms with Crippen LogP contribution in [0.3, 0.4) is 0 Å². The van der Waals surface area contributed by atoms with Gasteiger partial charge in [0.15, 0.2) is 6.61 Å². The van der Waals surface area contributed by atoms with Gasteiger partial charge in [0.25, 0.3) is 0 Å². The van der Waals surface area contributed by atoms with Gasteiger partial charge in [0.05, 0.1) is 0 Å². The van der Waals surface area contributed by atoms with Gasteiger partial charge in [0.2, 0.25) is 0 Å². The number of carboxylic acid groups (broad SMARTS) is 1. The third-order valence-electron chi connectivity index (χ3n) is 3.95. The van der Waals surface area contributed by atoms with Gasteiger partial charge in [-0.1, -0.05) is 24.6 Å². The van der Waals surface area contributed by atoms with Crippen LogP contribution in [0.1, 0.15) is 24.5 Å². The Morgan fingerprint density at radius 3 is 2.50 bits per heavy atom. The molecule has 0 heterocycles. The minimum absolute atomic E-state index is 0.0190. The molecule has 1 atom stereocenters. The fourth-order valence-corrected chi connectivity index (χ4v) is 3.45. The van der Waals surface area contributed by atoms with E-state index in [1.165, 1.54) is 5.56 Å². The molecule has 2 aromatic carbocycles. The minimum atomic E-state index is -0.984. The molecule has 152 valence electrons. The lowest BCUT2D eigenvalue weighted by Gasteiger charge is -2.18. The van der Waals surface area contributed by atoms with E-state index in [-0.39, 0.29) is 12.7 Å². The number of carbonyl (C=O) groups is 1. The average molecular weight is 405 g/mol. The lowest BCUT2D eigenvalue weighted by molar-refractivity contribution is -0.139. The van der Waals surface area contributed by atoms with E-state index in [1.807, 2.05) is 56.3 Å². The summed E-state index contributed by atoms with van der Waals surface area (Å²) in [5.41, 5.74) is 2.11. The van der Waals surface area contributed by atoms with Crippen molar-refractivity contribution in [2.75, 3.05) is 25.6 Å². The first kappa shape index (κ1) is 22.1. The summed E-state index contributed by atoms with van der Waals surface area (Å²) in [6, 6.07) is 13.8. The van der Waals surface area contributed by atoms with Gasteiger partial charge in [-0.25, -0.2) is 4.79 Å². The van der Waals surface area contributed by atoms with Crippen molar-refractivity contribution < 1.29 is 24.1 Å². The summed E-state index contributed by atoms with van der Waals surface area (Å²) in [5.74, 6) is 1.22. The van der Waals surface area contributed by atoms with Gasteiger partial charge in [-0.2, -0.15) is 0 Å². The maximum atomic E-state index is 10.6. The Balaban J connectivity index is 1.90. The van der Waals surface area contributed by atoms with Crippen molar-refractivity contribution in [3.8, 4) is 11.5 Å². The second-order valence-electron chi connectivity index (χ2n) is 6.54. The summed E-state index contributed by atoms with van der Waals surface area (Å²) in [7, 11) is 0. The molecule has 0 aromatic heterocycles. The SMILES string of the molecule is CCCOC(COc1ccc(C)cc1)CSc1ccc(OCC(=O)O)c(C)c1. The van der Waals surface area contributed by atoms with Gasteiger partial charge < -0.3 is 19.3 Å². The Morgan fingerprint density at radius 2 is 1.86 bits per heavy atom. The molecule has 0 amide bonds. The van der Waals surface area contributed by atoms with Crippen molar-refractivity contribution in [3.63, 3.8) is 0 Å². The largest absolute Gasteiger partial charge is 0.491 e. The smallest absolute Gasteiger partial charge is 0.341 e. The second-order valence-corrected chi connectivity index (χ2v) is 7.63. The number of benzene rings is 2. The predicted octanol–water partition coefficient (Wildman–Crippen LogP) is 4.73. The van der Waals surface area contributed by atoms with E-state index in [2.05, 4.69) is 6.92 Å². The Hall–Kier alpha value is -2.18. The highest BCUT2D eigenvalue weighted by atomic mass is 32.2. The van der Waals surface area contributed by atoms with Crippen LogP contribution in [0.15, 0.2) is 47.4 Å². The van der Waals surface area contributed by atoms with E-state index in [0.717, 1.165) is 28.4 Å². The van der Waals surface area contributed by atoms with Crippen LogP contribution in [0.5, 0.6) is 11.5 Å². The fourth-order valence-electron chi connectivity index (χ4n) is 2.45. The summed E-state index contributed by atoms with van der Waals surface area (Å²) in [4.78, 5) is 11.7. The Bertz CT molecular complexity index is 745. The maximum Gasteiger partial charge on any atom is 0.341 e. The molecule has 0 saturated carbocycles. The number of rotatable bonds is 12. The maximum absolute atomic E-state index is 10.6. The zero-order valence-electron chi connectivity index (χ0n) is 16.6. The van der Waals surface area contributed by atoms with Crippen molar-refractivity contribution in [1.29, 1.82) is 0 Å². The van der Waals surface area contributed by atoms with Crippen LogP contribution < -0.4 is 9.47 Å². The fraction of sp³-hybridized carbons (Fsp3) is 0.409. The number of aryl methyl sites for hydroxylation is 2. The highest BCUT2D eigenvalue weighted by Gasteiger charge is 2.12. The molecule has 0 aliphatic carbocycles. The number of carboxylic acids is 1. The van der Waals surface area contributed by atoms with Crippen LogP contribution in [0.25, 0.3) is 0 Å². The number of aliphatic carboxylic acids is 1. The van der Waals surface area contributed by atoms with Crippen molar-refractivity contribution in [2.45, 2.75) is 38.2 Å². The molecule has 28 heavy (non-hydrogen) atoms. The molecule has 0 spiro atoms. The molecule has 0 bridgehead atoms. The average Bonchev–Trinajstić information content (AvgIpc) is 2.67. The van der Waals surface area contributed by atoms with Gasteiger partial charge in [-0.3, -0.25) is 0 Å². The summed E-state index contributed by atoms with van der Waals surface area (Å²) in [6.07, 6.45) is 0.940. The molecule has 0 aliphatic rings. The lowest BCUT2D eigenvalue weighted by Crippen LogP contribution is -2.25. The third-order valence-corrected chi connectivity index (χ3v) is 5.07. The third kappa shape index (κ3) is 7.82. The second kappa shape index (κ2) is 11.6. The first-order valence-electron chi connectivity index (χ1n) is 9.37. The molecular formula is C22H28O5S. The van der Waals surface area contributed by atoms with E-state index in [1.54, 1.807) is 11.8 Å². The van der Waals surface area contributed by atoms with Crippen molar-refractivity contribution >= 4 is 17.7 Å². The number of hydrogen-bond donors (Lipinski definition) is 1. The Morgan fingerprint density at radius 1 is 1.11 bits per heavy atom. The van der Waals surface area contributed by atoms with Gasteiger partial charge >= 0.3 is 5.97 Å². The number of thioether (sulfide) groups is 1. The molecular weight excluding hydrogens is 376 g/mol. The van der Waals surface area contributed by atoms with E-state index < -0.39 is 5.97 Å². The van der Waals surface area contributed by atoms with Crippen LogP contribution in [-0.2, 0) is 9.53 Å². The topological polar surface area (TPSA) is 65.0 Å².